The smallest absolute Gasteiger partial charge is 0.267 e. The second-order valence-corrected chi connectivity index (χ2v) is 9.80. The Hall–Kier alpha value is -4.05. The standard InChI is InChI=1S/C25H22FN5O3S/c1-30-24(28-22-4-2-3-5-23(22)35(30,32)33)17-34-20-8-6-19(7-9-20)25-21(16-31(29-25)15-12-26)18-10-13-27-14-11-18/h2-11,13-14,16H,12,15,17H2,1H3/i26-1. The van der Waals surface area contributed by atoms with Crippen LogP contribution in [0.4, 0.5) is 10.1 Å². The van der Waals surface area contributed by atoms with Crippen molar-refractivity contribution in [3.63, 3.8) is 0 Å². The molecule has 0 saturated carbocycles. The van der Waals surface area contributed by atoms with Gasteiger partial charge in [0.05, 0.1) is 12.2 Å². The third kappa shape index (κ3) is 4.40. The fourth-order valence-electron chi connectivity index (χ4n) is 3.82. The third-order valence-electron chi connectivity index (χ3n) is 5.68. The zero-order valence-corrected chi connectivity index (χ0v) is 19.7. The van der Waals surface area contributed by atoms with E-state index in [0.717, 1.165) is 26.7 Å². The number of aliphatic imine (C=N–C) groups is 1. The van der Waals surface area contributed by atoms with Crippen LogP contribution in [-0.4, -0.2) is 53.7 Å². The van der Waals surface area contributed by atoms with Crippen LogP contribution in [0.2, 0.25) is 0 Å². The molecule has 35 heavy (non-hydrogen) atoms. The first kappa shape index (κ1) is 22.7. The molecular weight excluding hydrogens is 468 g/mol. The summed E-state index contributed by atoms with van der Waals surface area (Å²) in [5, 5.41) is 4.57. The van der Waals surface area contributed by atoms with Crippen LogP contribution >= 0.6 is 0 Å². The number of amidine groups is 1. The van der Waals surface area contributed by atoms with E-state index in [-0.39, 0.29) is 23.9 Å². The molecule has 8 nitrogen and oxygen atoms in total. The Morgan fingerprint density at radius 1 is 0.971 bits per heavy atom. The maximum atomic E-state index is 12.9. The molecular formula is C25H22FN5O3S. The van der Waals surface area contributed by atoms with Crippen LogP contribution in [-0.2, 0) is 16.6 Å². The van der Waals surface area contributed by atoms with Crippen LogP contribution in [0.25, 0.3) is 22.4 Å². The van der Waals surface area contributed by atoms with Crippen LogP contribution in [0.1, 0.15) is 0 Å². The maximum Gasteiger partial charge on any atom is 0.267 e. The molecule has 0 amide bonds. The average Bonchev–Trinajstić information content (AvgIpc) is 3.30. The molecule has 0 aliphatic carbocycles. The lowest BCUT2D eigenvalue weighted by Crippen LogP contribution is -2.38. The van der Waals surface area contributed by atoms with Gasteiger partial charge in [-0.1, -0.05) is 12.1 Å². The number of aromatic nitrogens is 3. The number of hydrogen-bond acceptors (Lipinski definition) is 6. The van der Waals surface area contributed by atoms with Gasteiger partial charge in [0, 0.05) is 36.8 Å². The number of fused-ring (bicyclic) bond motifs is 1. The first-order chi connectivity index (χ1) is 17.0. The summed E-state index contributed by atoms with van der Waals surface area (Å²) in [4.78, 5) is 8.69. The van der Waals surface area contributed by atoms with Crippen LogP contribution in [0.3, 0.4) is 0 Å². The molecule has 0 N–H and O–H groups in total. The van der Waals surface area contributed by atoms with Crippen molar-refractivity contribution in [2.45, 2.75) is 11.4 Å². The summed E-state index contributed by atoms with van der Waals surface area (Å²) < 4.78 is 47.1. The average molecular weight is 491 g/mol. The van der Waals surface area contributed by atoms with Crippen molar-refractivity contribution in [3.05, 3.63) is 79.3 Å². The van der Waals surface area contributed by atoms with Gasteiger partial charge < -0.3 is 4.74 Å². The Balaban J connectivity index is 1.38. The lowest BCUT2D eigenvalue weighted by Gasteiger charge is -2.26. The number of rotatable bonds is 7. The summed E-state index contributed by atoms with van der Waals surface area (Å²) in [7, 11) is -2.21. The molecule has 5 rings (SSSR count). The number of pyridine rings is 1. The molecule has 0 unspecified atom stereocenters. The molecule has 0 atom stereocenters. The highest BCUT2D eigenvalue weighted by atomic mass is 32.2. The summed E-state index contributed by atoms with van der Waals surface area (Å²) in [6, 6.07) is 17.7. The van der Waals surface area contributed by atoms with Gasteiger partial charge in [-0.3, -0.25) is 14.0 Å². The SMILES string of the molecule is CN1C(COc2ccc(-c3nn(CC[18F])cc3-c3ccncc3)cc2)=Nc2ccccc2S1(=O)=O. The minimum absolute atomic E-state index is 0.0171. The van der Waals surface area contributed by atoms with Gasteiger partial charge >= 0.3 is 0 Å². The summed E-state index contributed by atoms with van der Waals surface area (Å²) in [5.74, 6) is 0.840. The summed E-state index contributed by atoms with van der Waals surface area (Å²) in [5.41, 5.74) is 3.75. The lowest BCUT2D eigenvalue weighted by atomic mass is 10.0. The van der Waals surface area contributed by atoms with Gasteiger partial charge in [-0.05, 0) is 54.1 Å². The minimum Gasteiger partial charge on any atom is -0.486 e. The van der Waals surface area contributed by atoms with Gasteiger partial charge in [0.2, 0.25) is 0 Å². The Labute approximate surface area is 202 Å². The lowest BCUT2D eigenvalue weighted by molar-refractivity contribution is 0.365. The normalized spacial score (nSPS) is 14.3. The van der Waals surface area contributed by atoms with Gasteiger partial charge in [-0.2, -0.15) is 5.10 Å². The summed E-state index contributed by atoms with van der Waals surface area (Å²) in [6.45, 7) is -0.361. The zero-order valence-electron chi connectivity index (χ0n) is 18.9. The largest absolute Gasteiger partial charge is 0.486 e. The summed E-state index contributed by atoms with van der Waals surface area (Å²) in [6.07, 6.45) is 5.22. The van der Waals surface area contributed by atoms with E-state index in [1.54, 1.807) is 47.4 Å². The van der Waals surface area contributed by atoms with Gasteiger partial charge in [-0.15, -0.1) is 0 Å². The fraction of sp³-hybridized carbons (Fsp3) is 0.160. The number of ether oxygens (including phenoxy) is 1. The Morgan fingerprint density at radius 3 is 2.46 bits per heavy atom. The van der Waals surface area contributed by atoms with Crippen molar-refractivity contribution in [1.29, 1.82) is 0 Å². The quantitative estimate of drug-likeness (QED) is 0.385. The molecule has 0 bridgehead atoms. The number of para-hydroxylation sites is 1. The van der Waals surface area contributed by atoms with Gasteiger partial charge in [0.25, 0.3) is 10.0 Å². The Morgan fingerprint density at radius 2 is 1.71 bits per heavy atom. The number of halogens is 1. The first-order valence-electron chi connectivity index (χ1n) is 10.9. The number of aryl methyl sites for hydroxylation is 1. The van der Waals surface area contributed by atoms with E-state index >= 15 is 0 Å². The van der Waals surface area contributed by atoms with E-state index < -0.39 is 16.7 Å². The van der Waals surface area contributed by atoms with E-state index in [0.29, 0.717) is 11.4 Å². The molecule has 178 valence electrons. The highest BCUT2D eigenvalue weighted by Crippen LogP contribution is 2.33. The number of alkyl halides is 1. The van der Waals surface area contributed by atoms with E-state index in [9.17, 15) is 12.8 Å². The predicted octanol–water partition coefficient (Wildman–Crippen LogP) is 4.32. The van der Waals surface area contributed by atoms with Crippen LogP contribution in [0.5, 0.6) is 5.75 Å². The van der Waals surface area contributed by atoms with Gasteiger partial charge in [0.15, 0.2) is 5.84 Å². The van der Waals surface area contributed by atoms with E-state index in [4.69, 9.17) is 4.74 Å². The number of sulfonamides is 1. The minimum atomic E-state index is -3.67. The first-order valence-corrected chi connectivity index (χ1v) is 12.3. The Bertz CT molecular complexity index is 1490. The van der Waals surface area contributed by atoms with Gasteiger partial charge in [0.1, 0.15) is 29.6 Å². The number of hydrogen-bond donors (Lipinski definition) is 0. The molecule has 0 fully saturated rings. The van der Waals surface area contributed by atoms with Crippen LogP contribution in [0.15, 0.2) is 89.1 Å². The van der Waals surface area contributed by atoms with Crippen LogP contribution in [0, 0.1) is 0 Å². The molecule has 0 radical (unpaired) electrons. The molecule has 2 aromatic heterocycles. The molecule has 4 aromatic rings. The maximum absolute atomic E-state index is 12.9. The highest BCUT2D eigenvalue weighted by Gasteiger charge is 2.31. The van der Waals surface area contributed by atoms with E-state index in [1.165, 1.54) is 13.1 Å². The van der Waals surface area contributed by atoms with Crippen molar-refractivity contribution >= 4 is 21.5 Å². The number of likely N-dealkylation sites (N-methyl/N-ethyl adjacent to an activating group) is 1. The zero-order chi connectivity index (χ0) is 24.4. The van der Waals surface area contributed by atoms with Crippen molar-refractivity contribution < 1.29 is 17.5 Å². The van der Waals surface area contributed by atoms with Crippen molar-refractivity contribution in [2.24, 2.45) is 4.99 Å². The second-order valence-electron chi connectivity index (χ2n) is 7.86. The van der Waals surface area contributed by atoms with Crippen LogP contribution < -0.4 is 4.74 Å². The highest BCUT2D eigenvalue weighted by molar-refractivity contribution is 7.90. The van der Waals surface area contributed by atoms with E-state index in [1.807, 2.05) is 30.5 Å². The molecule has 2 aromatic carbocycles. The monoisotopic (exact) mass is 490 g/mol. The number of benzene rings is 2. The summed E-state index contributed by atoms with van der Waals surface area (Å²) >= 11 is 0. The van der Waals surface area contributed by atoms with Crippen molar-refractivity contribution in [1.82, 2.24) is 19.1 Å². The van der Waals surface area contributed by atoms with Crippen molar-refractivity contribution in [3.8, 4) is 28.1 Å². The molecule has 3 heterocycles. The molecule has 1 aliphatic heterocycles. The Kier molecular flexibility index (Phi) is 6.04. The fourth-order valence-corrected chi connectivity index (χ4v) is 5.12. The molecule has 0 spiro atoms. The third-order valence-corrected chi connectivity index (χ3v) is 7.51. The molecule has 10 heteroatoms. The molecule has 1 aliphatic rings. The topological polar surface area (TPSA) is 89.7 Å². The van der Waals surface area contributed by atoms with Gasteiger partial charge in [-0.25, -0.2) is 17.8 Å². The molecule has 0 saturated heterocycles. The predicted molar refractivity (Wildman–Crippen MR) is 131 cm³/mol. The number of nitrogens with zero attached hydrogens (tertiary/aromatic N) is 5. The second kappa shape index (κ2) is 9.30. The van der Waals surface area contributed by atoms with Crippen molar-refractivity contribution in [2.75, 3.05) is 20.3 Å². The van der Waals surface area contributed by atoms with E-state index in [2.05, 4.69) is 15.1 Å².